The van der Waals surface area contributed by atoms with E-state index in [9.17, 15) is 9.59 Å². The van der Waals surface area contributed by atoms with Crippen LogP contribution in [-0.4, -0.2) is 31.8 Å². The van der Waals surface area contributed by atoms with E-state index in [2.05, 4.69) is 10.5 Å². The smallest absolute Gasteiger partial charge is 0.336 e. The van der Waals surface area contributed by atoms with Gasteiger partial charge in [0.25, 0.3) is 5.91 Å². The molecule has 0 heterocycles. The molecule has 0 aliphatic heterocycles. The van der Waals surface area contributed by atoms with Crippen LogP contribution in [-0.2, 0) is 9.59 Å². The van der Waals surface area contributed by atoms with Gasteiger partial charge in [-0.1, -0.05) is 41.9 Å². The first-order valence-corrected chi connectivity index (χ1v) is 10.2. The number of ether oxygens (including phenoxy) is 3. The largest absolute Gasteiger partial charge is 0.493 e. The molecule has 0 atom stereocenters. The van der Waals surface area contributed by atoms with Crippen molar-refractivity contribution in [3.8, 4) is 17.2 Å². The van der Waals surface area contributed by atoms with Gasteiger partial charge in [0.2, 0.25) is 0 Å². The Bertz CT molecular complexity index is 1150. The summed E-state index contributed by atoms with van der Waals surface area (Å²) in [6.45, 7) is -0.201. The van der Waals surface area contributed by atoms with Crippen molar-refractivity contribution < 1.29 is 23.8 Å². The number of hydrazone groups is 1. The number of carbonyl (C=O) groups is 2. The van der Waals surface area contributed by atoms with E-state index in [0.29, 0.717) is 22.1 Å². The minimum absolute atomic E-state index is 0.201. The third-order valence-corrected chi connectivity index (χ3v) is 4.45. The second-order valence-corrected chi connectivity index (χ2v) is 7.05. The summed E-state index contributed by atoms with van der Waals surface area (Å²) < 4.78 is 16.0. The number of benzene rings is 3. The highest BCUT2D eigenvalue weighted by Gasteiger charge is 2.09. The molecule has 0 aromatic heterocycles. The second-order valence-electron chi connectivity index (χ2n) is 6.61. The van der Waals surface area contributed by atoms with Gasteiger partial charge in [0.15, 0.2) is 18.1 Å². The van der Waals surface area contributed by atoms with E-state index in [4.69, 9.17) is 25.8 Å². The molecular weight excluding hydrogens is 444 g/mol. The molecule has 3 rings (SSSR count). The van der Waals surface area contributed by atoms with Crippen molar-refractivity contribution in [2.24, 2.45) is 5.10 Å². The number of halogens is 1. The van der Waals surface area contributed by atoms with Gasteiger partial charge in [-0.15, -0.1) is 0 Å². The first-order valence-electron chi connectivity index (χ1n) is 9.87. The summed E-state index contributed by atoms with van der Waals surface area (Å²) in [7, 11) is 1.46. The summed E-state index contributed by atoms with van der Waals surface area (Å²) in [6, 6.07) is 21.0. The quantitative estimate of drug-likeness (QED) is 0.166. The average Bonchev–Trinajstić information content (AvgIpc) is 2.84. The van der Waals surface area contributed by atoms with Gasteiger partial charge in [0.05, 0.1) is 13.3 Å². The Morgan fingerprint density at radius 3 is 2.45 bits per heavy atom. The fourth-order valence-electron chi connectivity index (χ4n) is 2.61. The molecule has 0 bridgehead atoms. The molecule has 3 aromatic rings. The SMILES string of the molecule is COc1cc(/C=N\NC(=O)COc2ccc(Cl)cc2)ccc1OC(=O)/C=C/c1ccccc1. The molecule has 1 amide bonds. The molecule has 0 spiro atoms. The van der Waals surface area contributed by atoms with Crippen molar-refractivity contribution in [1.82, 2.24) is 5.43 Å². The Kier molecular flexibility index (Phi) is 8.62. The summed E-state index contributed by atoms with van der Waals surface area (Å²) in [5, 5.41) is 4.48. The standard InChI is InChI=1S/C25H21ClN2O5/c1-31-23-15-19(16-27-28-24(29)17-32-21-11-9-20(26)10-12-21)7-13-22(23)33-25(30)14-8-18-5-3-2-4-6-18/h2-16H,17H2,1H3,(H,28,29)/b14-8+,27-16-. The first kappa shape index (κ1) is 23.6. The van der Waals surface area contributed by atoms with Crippen molar-refractivity contribution in [3.05, 3.63) is 95.0 Å². The summed E-state index contributed by atoms with van der Waals surface area (Å²) in [6.07, 6.45) is 4.44. The molecule has 0 radical (unpaired) electrons. The maximum absolute atomic E-state index is 12.1. The van der Waals surface area contributed by atoms with Crippen LogP contribution in [0.5, 0.6) is 17.2 Å². The van der Waals surface area contributed by atoms with E-state index in [-0.39, 0.29) is 12.4 Å². The molecule has 0 aliphatic carbocycles. The van der Waals surface area contributed by atoms with Gasteiger partial charge in [0, 0.05) is 11.1 Å². The third kappa shape index (κ3) is 7.83. The Balaban J connectivity index is 1.52. The van der Waals surface area contributed by atoms with Gasteiger partial charge in [-0.25, -0.2) is 10.2 Å². The van der Waals surface area contributed by atoms with Gasteiger partial charge in [0.1, 0.15) is 5.75 Å². The van der Waals surface area contributed by atoms with E-state index in [1.807, 2.05) is 30.3 Å². The number of esters is 1. The van der Waals surface area contributed by atoms with E-state index >= 15 is 0 Å². The number of hydrogen-bond donors (Lipinski definition) is 1. The lowest BCUT2D eigenvalue weighted by atomic mass is 10.2. The predicted octanol–water partition coefficient (Wildman–Crippen LogP) is 4.50. The highest BCUT2D eigenvalue weighted by atomic mass is 35.5. The van der Waals surface area contributed by atoms with Crippen LogP contribution in [0.3, 0.4) is 0 Å². The highest BCUT2D eigenvalue weighted by Crippen LogP contribution is 2.27. The maximum Gasteiger partial charge on any atom is 0.336 e. The van der Waals surface area contributed by atoms with E-state index in [1.54, 1.807) is 48.5 Å². The number of amides is 1. The van der Waals surface area contributed by atoms with Crippen LogP contribution in [0.2, 0.25) is 5.02 Å². The summed E-state index contributed by atoms with van der Waals surface area (Å²) in [5.74, 6) is 0.165. The third-order valence-electron chi connectivity index (χ3n) is 4.20. The molecular formula is C25H21ClN2O5. The zero-order chi connectivity index (χ0) is 23.5. The lowest BCUT2D eigenvalue weighted by molar-refractivity contribution is -0.129. The van der Waals surface area contributed by atoms with Crippen LogP contribution in [0.4, 0.5) is 0 Å². The number of carbonyl (C=O) groups excluding carboxylic acids is 2. The van der Waals surface area contributed by atoms with Gasteiger partial charge < -0.3 is 14.2 Å². The minimum Gasteiger partial charge on any atom is -0.493 e. The number of hydrogen-bond acceptors (Lipinski definition) is 6. The van der Waals surface area contributed by atoms with Crippen LogP contribution in [0, 0.1) is 0 Å². The number of rotatable bonds is 9. The molecule has 1 N–H and O–H groups in total. The minimum atomic E-state index is -0.536. The Labute approximate surface area is 196 Å². The topological polar surface area (TPSA) is 86.2 Å². The monoisotopic (exact) mass is 464 g/mol. The molecule has 0 saturated carbocycles. The summed E-state index contributed by atoms with van der Waals surface area (Å²) in [4.78, 5) is 24.0. The van der Waals surface area contributed by atoms with Gasteiger partial charge >= 0.3 is 5.97 Å². The van der Waals surface area contributed by atoms with Gasteiger partial charge in [-0.3, -0.25) is 4.79 Å². The number of nitrogens with zero attached hydrogens (tertiary/aromatic N) is 1. The van der Waals surface area contributed by atoms with Crippen LogP contribution >= 0.6 is 11.6 Å². The van der Waals surface area contributed by atoms with Crippen molar-refractivity contribution >= 4 is 35.8 Å². The molecule has 0 saturated heterocycles. The molecule has 8 heteroatoms. The van der Waals surface area contributed by atoms with Crippen LogP contribution in [0.25, 0.3) is 6.08 Å². The van der Waals surface area contributed by atoms with Crippen molar-refractivity contribution in [2.45, 2.75) is 0 Å². The Hall–Kier alpha value is -4.10. The Morgan fingerprint density at radius 1 is 0.970 bits per heavy atom. The summed E-state index contributed by atoms with van der Waals surface area (Å²) >= 11 is 5.80. The van der Waals surface area contributed by atoms with Crippen molar-refractivity contribution in [2.75, 3.05) is 13.7 Å². The first-order chi connectivity index (χ1) is 16.0. The fraction of sp³-hybridized carbons (Fsp3) is 0.0800. The average molecular weight is 465 g/mol. The maximum atomic E-state index is 12.1. The molecule has 0 aliphatic rings. The van der Waals surface area contributed by atoms with Crippen LogP contribution in [0.1, 0.15) is 11.1 Å². The van der Waals surface area contributed by atoms with Gasteiger partial charge in [-0.05, 0) is 59.7 Å². The molecule has 168 valence electrons. The van der Waals surface area contributed by atoms with Crippen molar-refractivity contribution in [1.29, 1.82) is 0 Å². The molecule has 3 aromatic carbocycles. The number of methoxy groups -OCH3 is 1. The molecule has 0 fully saturated rings. The summed E-state index contributed by atoms with van der Waals surface area (Å²) in [5.41, 5.74) is 3.89. The van der Waals surface area contributed by atoms with Crippen LogP contribution in [0.15, 0.2) is 84.0 Å². The van der Waals surface area contributed by atoms with E-state index in [0.717, 1.165) is 5.56 Å². The zero-order valence-electron chi connectivity index (χ0n) is 17.7. The predicted molar refractivity (Wildman–Crippen MR) is 127 cm³/mol. The second kappa shape index (κ2) is 12.1. The van der Waals surface area contributed by atoms with Gasteiger partial charge in [-0.2, -0.15) is 5.10 Å². The normalized spacial score (nSPS) is 10.8. The molecule has 0 unspecified atom stereocenters. The Morgan fingerprint density at radius 2 is 1.73 bits per heavy atom. The zero-order valence-corrected chi connectivity index (χ0v) is 18.5. The highest BCUT2D eigenvalue weighted by molar-refractivity contribution is 6.30. The molecule has 7 nitrogen and oxygen atoms in total. The van der Waals surface area contributed by atoms with E-state index < -0.39 is 11.9 Å². The molecule has 33 heavy (non-hydrogen) atoms. The van der Waals surface area contributed by atoms with E-state index in [1.165, 1.54) is 19.4 Å². The fourth-order valence-corrected chi connectivity index (χ4v) is 2.74. The van der Waals surface area contributed by atoms with Crippen molar-refractivity contribution in [3.63, 3.8) is 0 Å². The lowest BCUT2D eigenvalue weighted by Gasteiger charge is -2.08. The lowest BCUT2D eigenvalue weighted by Crippen LogP contribution is -2.24. The number of nitrogens with one attached hydrogen (secondary N) is 1. The van der Waals surface area contributed by atoms with Crippen LogP contribution < -0.4 is 19.6 Å².